The standard InChI is InChI=1S/C14H14BClO3/c16-13-6-3-4-11(8-13)9-19-10-12-5-1-2-7-14(12)15(17)18/h1-8,17-18H,9-10H2. The van der Waals surface area contributed by atoms with E-state index in [-0.39, 0.29) is 0 Å². The van der Waals surface area contributed by atoms with Gasteiger partial charge in [-0.3, -0.25) is 0 Å². The van der Waals surface area contributed by atoms with E-state index in [9.17, 15) is 10.0 Å². The monoisotopic (exact) mass is 276 g/mol. The van der Waals surface area contributed by atoms with Gasteiger partial charge < -0.3 is 14.8 Å². The highest BCUT2D eigenvalue weighted by Gasteiger charge is 2.14. The van der Waals surface area contributed by atoms with Crippen LogP contribution in [-0.4, -0.2) is 17.2 Å². The summed E-state index contributed by atoms with van der Waals surface area (Å²) in [6.45, 7) is 0.747. The molecular weight excluding hydrogens is 262 g/mol. The number of hydrogen-bond donors (Lipinski definition) is 2. The molecule has 2 rings (SSSR count). The van der Waals surface area contributed by atoms with Gasteiger partial charge in [0.15, 0.2) is 0 Å². The van der Waals surface area contributed by atoms with Crippen molar-refractivity contribution in [1.29, 1.82) is 0 Å². The molecule has 2 aromatic carbocycles. The summed E-state index contributed by atoms with van der Waals surface area (Å²) >= 11 is 5.89. The van der Waals surface area contributed by atoms with Crippen LogP contribution in [0.2, 0.25) is 5.02 Å². The van der Waals surface area contributed by atoms with Gasteiger partial charge in [0.05, 0.1) is 13.2 Å². The molecule has 0 saturated heterocycles. The highest BCUT2D eigenvalue weighted by Crippen LogP contribution is 2.12. The van der Waals surface area contributed by atoms with Crippen LogP contribution in [0.4, 0.5) is 0 Å². The second-order valence-electron chi connectivity index (χ2n) is 4.20. The minimum absolute atomic E-state index is 0.320. The molecule has 0 unspecified atom stereocenters. The Morgan fingerprint density at radius 2 is 1.79 bits per heavy atom. The van der Waals surface area contributed by atoms with Gasteiger partial charge in [-0.2, -0.15) is 0 Å². The van der Waals surface area contributed by atoms with Crippen molar-refractivity contribution in [3.63, 3.8) is 0 Å². The Hall–Kier alpha value is -1.33. The minimum atomic E-state index is -1.48. The van der Waals surface area contributed by atoms with Crippen molar-refractivity contribution in [2.75, 3.05) is 0 Å². The Morgan fingerprint density at radius 3 is 2.53 bits per heavy atom. The molecule has 19 heavy (non-hydrogen) atoms. The van der Waals surface area contributed by atoms with Crippen LogP contribution in [0.25, 0.3) is 0 Å². The SMILES string of the molecule is OB(O)c1ccccc1COCc1cccc(Cl)c1. The van der Waals surface area contributed by atoms with Crippen molar-refractivity contribution in [3.8, 4) is 0 Å². The third kappa shape index (κ3) is 4.08. The molecule has 3 nitrogen and oxygen atoms in total. The molecule has 0 atom stereocenters. The van der Waals surface area contributed by atoms with Crippen LogP contribution in [0.3, 0.4) is 0 Å². The fourth-order valence-electron chi connectivity index (χ4n) is 1.82. The molecule has 0 aliphatic carbocycles. The van der Waals surface area contributed by atoms with Crippen LogP contribution in [0, 0.1) is 0 Å². The van der Waals surface area contributed by atoms with Gasteiger partial charge in [-0.05, 0) is 28.7 Å². The largest absolute Gasteiger partial charge is 0.488 e. The second kappa shape index (κ2) is 6.73. The van der Waals surface area contributed by atoms with Crippen molar-refractivity contribution in [2.24, 2.45) is 0 Å². The Labute approximate surface area is 117 Å². The van der Waals surface area contributed by atoms with Crippen molar-refractivity contribution in [3.05, 3.63) is 64.7 Å². The lowest BCUT2D eigenvalue weighted by molar-refractivity contribution is 0.107. The molecule has 0 saturated carbocycles. The number of rotatable bonds is 5. The quantitative estimate of drug-likeness (QED) is 0.818. The maximum atomic E-state index is 9.24. The van der Waals surface area contributed by atoms with Gasteiger partial charge in [-0.1, -0.05) is 48.0 Å². The zero-order chi connectivity index (χ0) is 13.7. The Morgan fingerprint density at radius 1 is 1.00 bits per heavy atom. The number of hydrogen-bond acceptors (Lipinski definition) is 3. The van der Waals surface area contributed by atoms with Crippen molar-refractivity contribution >= 4 is 24.2 Å². The maximum Gasteiger partial charge on any atom is 0.488 e. The summed E-state index contributed by atoms with van der Waals surface area (Å²) in [6, 6.07) is 14.5. The average molecular weight is 277 g/mol. The van der Waals surface area contributed by atoms with Crippen LogP contribution >= 0.6 is 11.6 Å². The zero-order valence-electron chi connectivity index (χ0n) is 10.3. The van der Waals surface area contributed by atoms with Crippen LogP contribution < -0.4 is 5.46 Å². The van der Waals surface area contributed by atoms with E-state index >= 15 is 0 Å². The summed E-state index contributed by atoms with van der Waals surface area (Å²) in [7, 11) is -1.48. The fourth-order valence-corrected chi connectivity index (χ4v) is 2.04. The van der Waals surface area contributed by atoms with Crippen LogP contribution in [0.15, 0.2) is 48.5 Å². The first-order valence-electron chi connectivity index (χ1n) is 5.93. The van der Waals surface area contributed by atoms with Crippen LogP contribution in [0.1, 0.15) is 11.1 Å². The van der Waals surface area contributed by atoms with E-state index in [0.29, 0.717) is 23.7 Å². The minimum Gasteiger partial charge on any atom is -0.423 e. The topological polar surface area (TPSA) is 49.7 Å². The molecule has 2 N–H and O–H groups in total. The Balaban J connectivity index is 1.96. The summed E-state index contributed by atoms with van der Waals surface area (Å²) in [6.07, 6.45) is 0. The highest BCUT2D eigenvalue weighted by molar-refractivity contribution is 6.59. The fraction of sp³-hybridized carbons (Fsp3) is 0.143. The molecule has 0 amide bonds. The van der Waals surface area contributed by atoms with Gasteiger partial charge in [-0.15, -0.1) is 0 Å². The third-order valence-corrected chi connectivity index (χ3v) is 2.98. The maximum absolute atomic E-state index is 9.24. The number of halogens is 1. The molecular formula is C14H14BClO3. The summed E-state index contributed by atoms with van der Waals surface area (Å²) in [5, 5.41) is 19.2. The molecule has 5 heteroatoms. The predicted molar refractivity (Wildman–Crippen MR) is 76.2 cm³/mol. The molecule has 0 radical (unpaired) electrons. The number of benzene rings is 2. The lowest BCUT2D eigenvalue weighted by Crippen LogP contribution is -2.33. The molecule has 0 bridgehead atoms. The Bertz CT molecular complexity index is 546. The normalized spacial score (nSPS) is 10.5. The first-order chi connectivity index (χ1) is 9.16. The van der Waals surface area contributed by atoms with Crippen molar-refractivity contribution in [2.45, 2.75) is 13.2 Å². The molecule has 0 fully saturated rings. The summed E-state index contributed by atoms with van der Waals surface area (Å²) in [5.74, 6) is 0. The first-order valence-corrected chi connectivity index (χ1v) is 6.31. The van der Waals surface area contributed by atoms with Gasteiger partial charge in [0, 0.05) is 5.02 Å². The second-order valence-corrected chi connectivity index (χ2v) is 4.63. The predicted octanol–water partition coefficient (Wildman–Crippen LogP) is 1.74. The van der Waals surface area contributed by atoms with E-state index in [4.69, 9.17) is 16.3 Å². The molecule has 0 spiro atoms. The summed E-state index contributed by atoms with van der Waals surface area (Å²) in [5.41, 5.74) is 2.21. The number of ether oxygens (including phenoxy) is 1. The van der Waals surface area contributed by atoms with Crippen molar-refractivity contribution in [1.82, 2.24) is 0 Å². The molecule has 0 heterocycles. The smallest absolute Gasteiger partial charge is 0.423 e. The van der Waals surface area contributed by atoms with E-state index in [1.165, 1.54) is 0 Å². The average Bonchev–Trinajstić information content (AvgIpc) is 2.39. The summed E-state index contributed by atoms with van der Waals surface area (Å²) < 4.78 is 5.57. The Kier molecular flexibility index (Phi) is 4.99. The van der Waals surface area contributed by atoms with E-state index in [1.54, 1.807) is 12.1 Å². The van der Waals surface area contributed by atoms with Crippen LogP contribution in [0.5, 0.6) is 0 Å². The molecule has 0 aliphatic rings. The van der Waals surface area contributed by atoms with Crippen molar-refractivity contribution < 1.29 is 14.8 Å². The molecule has 0 aliphatic heterocycles. The third-order valence-electron chi connectivity index (χ3n) is 2.75. The van der Waals surface area contributed by atoms with E-state index in [1.807, 2.05) is 36.4 Å². The van der Waals surface area contributed by atoms with Crippen LogP contribution in [-0.2, 0) is 18.0 Å². The summed E-state index contributed by atoms with van der Waals surface area (Å²) in [4.78, 5) is 0. The molecule has 0 aromatic heterocycles. The first kappa shape index (κ1) is 14.1. The van der Waals surface area contributed by atoms with Gasteiger partial charge in [-0.25, -0.2) is 0 Å². The van der Waals surface area contributed by atoms with Gasteiger partial charge >= 0.3 is 7.12 Å². The zero-order valence-corrected chi connectivity index (χ0v) is 11.0. The lowest BCUT2D eigenvalue weighted by atomic mass is 9.77. The van der Waals surface area contributed by atoms with E-state index in [2.05, 4.69) is 0 Å². The van der Waals surface area contributed by atoms with Gasteiger partial charge in [0.25, 0.3) is 0 Å². The molecule has 2 aromatic rings. The van der Waals surface area contributed by atoms with E-state index < -0.39 is 7.12 Å². The van der Waals surface area contributed by atoms with E-state index in [0.717, 1.165) is 11.1 Å². The van der Waals surface area contributed by atoms with Gasteiger partial charge in [0.2, 0.25) is 0 Å². The highest BCUT2D eigenvalue weighted by atomic mass is 35.5. The molecule has 98 valence electrons. The lowest BCUT2D eigenvalue weighted by Gasteiger charge is -2.09. The van der Waals surface area contributed by atoms with Gasteiger partial charge in [0.1, 0.15) is 0 Å².